The predicted octanol–water partition coefficient (Wildman–Crippen LogP) is 2.42. The zero-order valence-electron chi connectivity index (χ0n) is 14.3. The predicted molar refractivity (Wildman–Crippen MR) is 102 cm³/mol. The van der Waals surface area contributed by atoms with Gasteiger partial charge in [-0.05, 0) is 49.1 Å². The Bertz CT molecular complexity index is 1130. The summed E-state index contributed by atoms with van der Waals surface area (Å²) in [6, 6.07) is 8.29. The molecule has 1 atom stereocenters. The van der Waals surface area contributed by atoms with Crippen LogP contribution in [-0.2, 0) is 6.42 Å². The second kappa shape index (κ2) is 6.59. The summed E-state index contributed by atoms with van der Waals surface area (Å²) in [6.07, 6.45) is 2.20. The maximum Gasteiger partial charge on any atom is 0.268 e. The van der Waals surface area contributed by atoms with Crippen molar-refractivity contribution in [3.63, 3.8) is 0 Å². The third kappa shape index (κ3) is 3.21. The number of hydrogen-bond acceptors (Lipinski definition) is 3. The first-order chi connectivity index (χ1) is 12.9. The molecule has 1 unspecified atom stereocenters. The van der Waals surface area contributed by atoms with E-state index in [0.29, 0.717) is 23.6 Å². The summed E-state index contributed by atoms with van der Waals surface area (Å²) in [6.45, 7) is 0. The smallest absolute Gasteiger partial charge is 0.268 e. The Hall–Kier alpha value is -3.06. The van der Waals surface area contributed by atoms with Gasteiger partial charge in [0.25, 0.3) is 17.4 Å². The second-order valence-corrected chi connectivity index (χ2v) is 7.08. The number of carbonyl (C=O) groups excluding carboxylic acids is 2. The van der Waals surface area contributed by atoms with Crippen molar-refractivity contribution in [2.45, 2.75) is 25.3 Å². The van der Waals surface area contributed by atoms with E-state index in [9.17, 15) is 14.4 Å². The minimum absolute atomic E-state index is 0.102. The number of amides is 2. The first-order valence-corrected chi connectivity index (χ1v) is 8.95. The number of aryl methyl sites for hydroxylation is 1. The first-order valence-electron chi connectivity index (χ1n) is 8.57. The molecule has 1 aromatic carbocycles. The van der Waals surface area contributed by atoms with Crippen molar-refractivity contribution >= 4 is 34.3 Å². The molecule has 0 aliphatic heterocycles. The molecule has 5 N–H and O–H groups in total. The number of halogens is 1. The van der Waals surface area contributed by atoms with Crippen LogP contribution in [0.3, 0.4) is 0 Å². The van der Waals surface area contributed by atoms with E-state index in [0.717, 1.165) is 28.6 Å². The monoisotopic (exact) mass is 384 g/mol. The quantitative estimate of drug-likeness (QED) is 0.554. The van der Waals surface area contributed by atoms with E-state index in [1.165, 1.54) is 6.07 Å². The molecule has 4 rings (SSSR count). The molecule has 2 heterocycles. The minimum Gasteiger partial charge on any atom is -0.365 e. The van der Waals surface area contributed by atoms with Crippen molar-refractivity contribution in [3.05, 3.63) is 68.2 Å². The number of fused-ring (bicyclic) bond motifs is 2. The number of hydrogen-bond donors (Lipinski definition) is 4. The van der Waals surface area contributed by atoms with Crippen LogP contribution in [0.5, 0.6) is 0 Å². The minimum atomic E-state index is -0.790. The highest BCUT2D eigenvalue weighted by molar-refractivity contribution is 6.31. The number of carbonyl (C=O) groups is 2. The molecular formula is C19H17ClN4O3. The molecule has 27 heavy (non-hydrogen) atoms. The average Bonchev–Trinajstić information content (AvgIpc) is 3.04. The topological polar surface area (TPSA) is 121 Å². The van der Waals surface area contributed by atoms with Crippen LogP contribution in [-0.4, -0.2) is 21.8 Å². The van der Waals surface area contributed by atoms with Gasteiger partial charge in [0.1, 0.15) is 11.3 Å². The number of benzene rings is 1. The van der Waals surface area contributed by atoms with Gasteiger partial charge >= 0.3 is 0 Å². The van der Waals surface area contributed by atoms with Gasteiger partial charge in [-0.25, -0.2) is 0 Å². The first kappa shape index (κ1) is 17.4. The fourth-order valence-corrected chi connectivity index (χ4v) is 3.70. The van der Waals surface area contributed by atoms with E-state index < -0.39 is 11.5 Å². The highest BCUT2D eigenvalue weighted by Gasteiger charge is 2.25. The molecule has 7 nitrogen and oxygen atoms in total. The molecule has 8 heteroatoms. The summed E-state index contributed by atoms with van der Waals surface area (Å²) in [5, 5.41) is 4.44. The summed E-state index contributed by atoms with van der Waals surface area (Å²) in [5.74, 6) is -1.06. The van der Waals surface area contributed by atoms with Crippen molar-refractivity contribution < 1.29 is 9.59 Å². The zero-order chi connectivity index (χ0) is 19.1. The zero-order valence-corrected chi connectivity index (χ0v) is 15.0. The lowest BCUT2D eigenvalue weighted by atomic mass is 9.90. The number of rotatable bonds is 3. The summed E-state index contributed by atoms with van der Waals surface area (Å²) in [4.78, 5) is 41.9. The SMILES string of the molecule is NC(=O)c1cc2c([nH]c1=O)CCCC2NC(=O)c1cc2ccc(Cl)cc2[nH]1. The van der Waals surface area contributed by atoms with Crippen LogP contribution in [0.4, 0.5) is 0 Å². The molecule has 1 aliphatic carbocycles. The van der Waals surface area contributed by atoms with E-state index in [4.69, 9.17) is 17.3 Å². The van der Waals surface area contributed by atoms with Crippen molar-refractivity contribution in [1.82, 2.24) is 15.3 Å². The standard InChI is InChI=1S/C19H17ClN4O3/c20-10-5-4-9-6-16(22-15(9)7-10)19(27)24-14-3-1-2-13-11(14)8-12(17(21)25)18(26)23-13/h4-8,14,22H,1-3H2,(H2,21,25)(H,23,26)(H,24,27). The number of primary amides is 1. The largest absolute Gasteiger partial charge is 0.365 e. The molecule has 2 aromatic heterocycles. The average molecular weight is 385 g/mol. The fraction of sp³-hybridized carbons (Fsp3) is 0.211. The molecule has 0 spiro atoms. The number of aromatic nitrogens is 2. The van der Waals surface area contributed by atoms with Gasteiger partial charge in [-0.3, -0.25) is 14.4 Å². The van der Waals surface area contributed by atoms with E-state index in [1.807, 2.05) is 6.07 Å². The highest BCUT2D eigenvalue weighted by Crippen LogP contribution is 2.29. The molecule has 0 bridgehead atoms. The van der Waals surface area contributed by atoms with Crippen molar-refractivity contribution in [3.8, 4) is 0 Å². The van der Waals surface area contributed by atoms with Crippen LogP contribution >= 0.6 is 11.6 Å². The van der Waals surface area contributed by atoms with E-state index >= 15 is 0 Å². The molecule has 1 aliphatic rings. The second-order valence-electron chi connectivity index (χ2n) is 6.64. The summed E-state index contributed by atoms with van der Waals surface area (Å²) in [7, 11) is 0. The third-order valence-corrected chi connectivity index (χ3v) is 5.09. The maximum atomic E-state index is 12.7. The molecule has 0 saturated carbocycles. The Labute approximate surface area is 158 Å². The molecule has 138 valence electrons. The van der Waals surface area contributed by atoms with E-state index in [-0.39, 0.29) is 17.5 Å². The Morgan fingerprint density at radius 2 is 2.00 bits per heavy atom. The van der Waals surface area contributed by atoms with Crippen molar-refractivity contribution in [1.29, 1.82) is 0 Å². The van der Waals surface area contributed by atoms with Gasteiger partial charge in [0.05, 0.1) is 6.04 Å². The van der Waals surface area contributed by atoms with Gasteiger partial charge in [0.15, 0.2) is 0 Å². The van der Waals surface area contributed by atoms with Crippen LogP contribution in [0.2, 0.25) is 5.02 Å². The Morgan fingerprint density at radius 1 is 1.19 bits per heavy atom. The number of pyridine rings is 1. The third-order valence-electron chi connectivity index (χ3n) is 4.85. The Balaban J connectivity index is 1.65. The summed E-state index contributed by atoms with van der Waals surface area (Å²) in [5.41, 5.74) is 7.32. The molecule has 2 amide bonds. The molecular weight excluding hydrogens is 368 g/mol. The number of nitrogens with one attached hydrogen (secondary N) is 3. The number of H-pyrrole nitrogens is 2. The molecule has 0 fully saturated rings. The van der Waals surface area contributed by atoms with Gasteiger partial charge in [-0.2, -0.15) is 0 Å². The van der Waals surface area contributed by atoms with E-state index in [2.05, 4.69) is 15.3 Å². The molecule has 0 radical (unpaired) electrons. The maximum absolute atomic E-state index is 12.7. The number of aromatic amines is 2. The molecule has 3 aromatic rings. The summed E-state index contributed by atoms with van der Waals surface area (Å²) < 4.78 is 0. The number of nitrogens with two attached hydrogens (primary N) is 1. The Morgan fingerprint density at radius 3 is 2.78 bits per heavy atom. The van der Waals surface area contributed by atoms with Crippen molar-refractivity contribution in [2.24, 2.45) is 5.73 Å². The lowest BCUT2D eigenvalue weighted by molar-refractivity contribution is 0.0928. The lowest BCUT2D eigenvalue weighted by Gasteiger charge is -2.26. The fourth-order valence-electron chi connectivity index (χ4n) is 3.53. The van der Waals surface area contributed by atoms with Gasteiger partial charge in [0.2, 0.25) is 0 Å². The Kier molecular flexibility index (Phi) is 4.24. The van der Waals surface area contributed by atoms with Gasteiger partial charge < -0.3 is 21.0 Å². The van der Waals surface area contributed by atoms with Gasteiger partial charge in [-0.1, -0.05) is 17.7 Å². The summed E-state index contributed by atoms with van der Waals surface area (Å²) >= 11 is 5.99. The normalized spacial score (nSPS) is 16.1. The van der Waals surface area contributed by atoms with Crippen molar-refractivity contribution in [2.75, 3.05) is 0 Å². The van der Waals surface area contributed by atoms with Crippen LogP contribution in [0.25, 0.3) is 10.9 Å². The van der Waals surface area contributed by atoms with E-state index in [1.54, 1.807) is 18.2 Å². The van der Waals surface area contributed by atoms with Gasteiger partial charge in [-0.15, -0.1) is 0 Å². The van der Waals surface area contributed by atoms with Crippen LogP contribution in [0.15, 0.2) is 35.1 Å². The van der Waals surface area contributed by atoms with Crippen LogP contribution in [0, 0.1) is 0 Å². The molecule has 0 saturated heterocycles. The highest BCUT2D eigenvalue weighted by atomic mass is 35.5. The lowest BCUT2D eigenvalue weighted by Crippen LogP contribution is -2.34. The van der Waals surface area contributed by atoms with Gasteiger partial charge in [0, 0.05) is 21.6 Å². The van der Waals surface area contributed by atoms with Crippen LogP contribution in [0.1, 0.15) is 51.0 Å². The van der Waals surface area contributed by atoms with Crippen LogP contribution < -0.4 is 16.6 Å².